The molecule has 2 N–H and O–H groups in total. The molecule has 1 aliphatic heterocycles. The third-order valence-corrected chi connectivity index (χ3v) is 2.69. The lowest BCUT2D eigenvalue weighted by Gasteiger charge is -2.14. The van der Waals surface area contributed by atoms with E-state index in [1.165, 1.54) is 11.1 Å². The minimum atomic E-state index is 0.0902. The van der Waals surface area contributed by atoms with Gasteiger partial charge in [0, 0.05) is 23.2 Å². The predicted molar refractivity (Wildman–Crippen MR) is 72.3 cm³/mol. The van der Waals surface area contributed by atoms with Crippen LogP contribution in [0.2, 0.25) is 0 Å². The zero-order valence-corrected chi connectivity index (χ0v) is 11.0. The van der Waals surface area contributed by atoms with E-state index in [2.05, 4.69) is 62.6 Å². The molecular weight excluding hydrogens is 210 g/mol. The lowest BCUT2D eigenvalue weighted by molar-refractivity contribution is 0.497. The molecule has 17 heavy (non-hydrogen) atoms. The third kappa shape index (κ3) is 2.67. The topological polar surface area (TPSA) is 36.4 Å². The summed E-state index contributed by atoms with van der Waals surface area (Å²) < 4.78 is 0. The summed E-state index contributed by atoms with van der Waals surface area (Å²) in [4.78, 5) is 4.73. The highest BCUT2D eigenvalue weighted by molar-refractivity contribution is 6.02. The molecule has 0 fully saturated rings. The Morgan fingerprint density at radius 3 is 2.41 bits per heavy atom. The van der Waals surface area contributed by atoms with Gasteiger partial charge in [0.2, 0.25) is 0 Å². The smallest absolute Gasteiger partial charge is 0.131 e. The van der Waals surface area contributed by atoms with Gasteiger partial charge in [-0.15, -0.1) is 0 Å². The molecule has 0 aliphatic carbocycles. The van der Waals surface area contributed by atoms with Crippen LogP contribution in [0.4, 0.5) is 0 Å². The minimum absolute atomic E-state index is 0.0902. The Bertz CT molecular complexity index is 421. The van der Waals surface area contributed by atoms with Crippen LogP contribution in [-0.4, -0.2) is 17.9 Å². The van der Waals surface area contributed by atoms with Crippen molar-refractivity contribution in [2.75, 3.05) is 0 Å². The van der Waals surface area contributed by atoms with Crippen molar-refractivity contribution in [1.82, 2.24) is 10.6 Å². The fraction of sp³-hybridized carbons (Fsp3) is 0.500. The number of nitrogens with zero attached hydrogens (tertiary/aromatic N) is 1. The van der Waals surface area contributed by atoms with Crippen LogP contribution in [0, 0.1) is 0 Å². The molecule has 1 atom stereocenters. The summed E-state index contributed by atoms with van der Waals surface area (Å²) >= 11 is 0. The van der Waals surface area contributed by atoms with Gasteiger partial charge in [0.25, 0.3) is 0 Å². The van der Waals surface area contributed by atoms with Gasteiger partial charge < -0.3 is 5.32 Å². The van der Waals surface area contributed by atoms with Crippen molar-refractivity contribution >= 4 is 5.84 Å². The van der Waals surface area contributed by atoms with Crippen LogP contribution in [0.1, 0.15) is 45.0 Å². The van der Waals surface area contributed by atoms with Gasteiger partial charge >= 0.3 is 0 Å². The van der Waals surface area contributed by atoms with E-state index >= 15 is 0 Å². The zero-order chi connectivity index (χ0) is 12.4. The summed E-state index contributed by atoms with van der Waals surface area (Å²) in [6.07, 6.45) is 0.0902. The summed E-state index contributed by atoms with van der Waals surface area (Å²) in [7, 11) is 0. The number of aliphatic imine (C=N–C) groups is 1. The van der Waals surface area contributed by atoms with Gasteiger partial charge in [-0.2, -0.15) is 0 Å². The number of nitrogens with one attached hydrogen (secondary N) is 2. The second-order valence-electron chi connectivity index (χ2n) is 5.09. The molecule has 0 unspecified atom stereocenters. The summed E-state index contributed by atoms with van der Waals surface area (Å²) in [6.45, 7) is 8.56. The molecule has 0 bridgehead atoms. The van der Waals surface area contributed by atoms with Crippen molar-refractivity contribution in [2.24, 2.45) is 4.99 Å². The van der Waals surface area contributed by atoms with Crippen molar-refractivity contribution in [2.45, 2.75) is 45.9 Å². The van der Waals surface area contributed by atoms with E-state index in [0.29, 0.717) is 12.1 Å². The first-order chi connectivity index (χ1) is 8.08. The summed E-state index contributed by atoms with van der Waals surface area (Å²) in [5, 5.41) is 6.88. The number of hydrogen-bond donors (Lipinski definition) is 2. The van der Waals surface area contributed by atoms with E-state index in [9.17, 15) is 0 Å². The Kier molecular flexibility index (Phi) is 3.48. The molecule has 0 spiro atoms. The van der Waals surface area contributed by atoms with Crippen LogP contribution < -0.4 is 10.6 Å². The molecule has 2 rings (SSSR count). The van der Waals surface area contributed by atoms with Crippen LogP contribution in [0.25, 0.3) is 0 Å². The number of benzene rings is 1. The van der Waals surface area contributed by atoms with Crippen LogP contribution >= 0.6 is 0 Å². The fourth-order valence-electron chi connectivity index (χ4n) is 2.05. The number of hydrogen-bond acceptors (Lipinski definition) is 3. The van der Waals surface area contributed by atoms with E-state index in [-0.39, 0.29) is 6.17 Å². The summed E-state index contributed by atoms with van der Waals surface area (Å²) in [5.74, 6) is 1.01. The number of fused-ring (bicyclic) bond motifs is 1. The molecule has 1 aromatic rings. The van der Waals surface area contributed by atoms with Crippen molar-refractivity contribution < 1.29 is 0 Å². The average Bonchev–Trinajstić information content (AvgIpc) is 2.56. The van der Waals surface area contributed by atoms with Crippen molar-refractivity contribution in [3.05, 3.63) is 35.4 Å². The van der Waals surface area contributed by atoms with Crippen LogP contribution in [0.15, 0.2) is 29.3 Å². The van der Waals surface area contributed by atoms with Gasteiger partial charge in [0.05, 0.1) is 0 Å². The van der Waals surface area contributed by atoms with E-state index in [0.717, 1.165) is 5.84 Å². The van der Waals surface area contributed by atoms with Gasteiger partial charge in [-0.25, -0.2) is 4.99 Å². The zero-order valence-electron chi connectivity index (χ0n) is 11.0. The van der Waals surface area contributed by atoms with Gasteiger partial charge in [-0.3, -0.25) is 5.32 Å². The molecule has 0 amide bonds. The van der Waals surface area contributed by atoms with E-state index < -0.39 is 0 Å². The SMILES string of the molecule is CC(C)NC1=N[C@@H](NC(C)C)c2ccccc21. The Balaban J connectivity index is 2.28. The predicted octanol–water partition coefficient (Wildman–Crippen LogP) is 2.44. The minimum Gasteiger partial charge on any atom is -0.368 e. The third-order valence-electron chi connectivity index (χ3n) is 2.69. The van der Waals surface area contributed by atoms with E-state index in [4.69, 9.17) is 4.99 Å². The molecule has 0 saturated carbocycles. The summed E-state index contributed by atoms with van der Waals surface area (Å²) in [6, 6.07) is 9.24. The first-order valence-corrected chi connectivity index (χ1v) is 6.27. The normalized spacial score (nSPS) is 18.5. The largest absolute Gasteiger partial charge is 0.368 e. The van der Waals surface area contributed by atoms with Crippen LogP contribution in [-0.2, 0) is 0 Å². The highest BCUT2D eigenvalue weighted by atomic mass is 15.2. The van der Waals surface area contributed by atoms with Crippen LogP contribution in [0.5, 0.6) is 0 Å². The van der Waals surface area contributed by atoms with Gasteiger partial charge in [0.1, 0.15) is 12.0 Å². The number of amidine groups is 1. The average molecular weight is 231 g/mol. The second-order valence-corrected chi connectivity index (χ2v) is 5.09. The standard InChI is InChI=1S/C14H21N3/c1-9(2)15-13-11-7-5-6-8-12(11)14(17-13)16-10(3)4/h5-10,13,15H,1-4H3,(H,16,17)/t13-/m1/s1. The van der Waals surface area contributed by atoms with Crippen molar-refractivity contribution in [3.63, 3.8) is 0 Å². The monoisotopic (exact) mass is 231 g/mol. The molecule has 1 aliphatic rings. The van der Waals surface area contributed by atoms with Gasteiger partial charge in [-0.05, 0) is 27.7 Å². The van der Waals surface area contributed by atoms with E-state index in [1.54, 1.807) is 0 Å². The molecule has 0 saturated heterocycles. The Morgan fingerprint density at radius 2 is 1.76 bits per heavy atom. The molecule has 3 heteroatoms. The van der Waals surface area contributed by atoms with Gasteiger partial charge in [-0.1, -0.05) is 24.3 Å². The lowest BCUT2D eigenvalue weighted by atomic mass is 10.1. The van der Waals surface area contributed by atoms with Crippen molar-refractivity contribution in [1.29, 1.82) is 0 Å². The molecule has 92 valence electrons. The van der Waals surface area contributed by atoms with Crippen molar-refractivity contribution in [3.8, 4) is 0 Å². The van der Waals surface area contributed by atoms with Gasteiger partial charge in [0.15, 0.2) is 0 Å². The lowest BCUT2D eigenvalue weighted by Crippen LogP contribution is -2.30. The van der Waals surface area contributed by atoms with E-state index in [1.807, 2.05) is 0 Å². The maximum Gasteiger partial charge on any atom is 0.131 e. The molecule has 1 aromatic carbocycles. The maximum atomic E-state index is 4.73. The molecule has 1 heterocycles. The molecule has 3 nitrogen and oxygen atoms in total. The highest BCUT2D eigenvalue weighted by Crippen LogP contribution is 2.27. The fourth-order valence-corrected chi connectivity index (χ4v) is 2.05. The molecule has 0 radical (unpaired) electrons. The number of rotatable bonds is 3. The first kappa shape index (κ1) is 12.1. The maximum absolute atomic E-state index is 4.73. The van der Waals surface area contributed by atoms with Crippen LogP contribution in [0.3, 0.4) is 0 Å². The summed E-state index contributed by atoms with van der Waals surface area (Å²) in [5.41, 5.74) is 2.49. The Labute approximate surface area is 103 Å². The first-order valence-electron chi connectivity index (χ1n) is 6.27. The molecular formula is C14H21N3. The highest BCUT2D eigenvalue weighted by Gasteiger charge is 2.24. The second kappa shape index (κ2) is 4.88. The molecule has 0 aromatic heterocycles. The quantitative estimate of drug-likeness (QED) is 0.838. The Morgan fingerprint density at radius 1 is 1.06 bits per heavy atom. The Hall–Kier alpha value is -1.35.